The number of nitrogens with one attached hydrogen (secondary N) is 2. The Kier molecular flexibility index (Phi) is 7.24. The molecule has 0 saturated carbocycles. The van der Waals surface area contributed by atoms with Crippen LogP contribution in [0.25, 0.3) is 0 Å². The van der Waals surface area contributed by atoms with Gasteiger partial charge in [-0.15, -0.1) is 0 Å². The molecule has 0 aliphatic carbocycles. The van der Waals surface area contributed by atoms with Crippen LogP contribution in [-0.4, -0.2) is 14.3 Å². The van der Waals surface area contributed by atoms with E-state index in [1.165, 1.54) is 18.2 Å². The molecule has 1 amide bonds. The number of rotatable bonds is 7. The molecule has 0 unspecified atom stereocenters. The molecule has 0 aromatic heterocycles. The summed E-state index contributed by atoms with van der Waals surface area (Å²) in [5.74, 6) is -0.414. The van der Waals surface area contributed by atoms with Crippen molar-refractivity contribution in [2.24, 2.45) is 0 Å². The maximum Gasteiger partial charge on any atom is 0.263 e. The zero-order valence-electron chi connectivity index (χ0n) is 19.3. The Morgan fingerprint density at radius 3 is 1.97 bits per heavy atom. The van der Waals surface area contributed by atoms with Gasteiger partial charge in [-0.2, -0.15) is 0 Å². The predicted octanol–water partition coefficient (Wildman–Crippen LogP) is 6.28. The van der Waals surface area contributed by atoms with Crippen LogP contribution in [0.3, 0.4) is 0 Å². The van der Waals surface area contributed by atoms with Crippen molar-refractivity contribution in [1.82, 2.24) is 5.32 Å². The fourth-order valence-electron chi connectivity index (χ4n) is 3.66. The second-order valence-corrected chi connectivity index (χ2v) is 10.4. The maximum atomic E-state index is 13.3. The van der Waals surface area contributed by atoms with Gasteiger partial charge in [-0.25, -0.2) is 8.42 Å². The van der Waals surface area contributed by atoms with E-state index in [9.17, 15) is 13.2 Å². The molecule has 178 valence electrons. The summed E-state index contributed by atoms with van der Waals surface area (Å²) in [6.07, 6.45) is 0. The molecule has 0 aliphatic heterocycles. The molecule has 35 heavy (non-hydrogen) atoms. The fraction of sp³-hybridized carbons (Fsp3) is 0.107. The van der Waals surface area contributed by atoms with E-state index >= 15 is 0 Å². The Hall–Kier alpha value is -3.61. The number of halogens is 1. The van der Waals surface area contributed by atoms with Crippen LogP contribution in [0.2, 0.25) is 5.02 Å². The van der Waals surface area contributed by atoms with Crippen molar-refractivity contribution in [3.05, 3.63) is 130 Å². The van der Waals surface area contributed by atoms with Crippen molar-refractivity contribution >= 4 is 33.2 Å². The largest absolute Gasteiger partial charge is 0.341 e. The van der Waals surface area contributed by atoms with Gasteiger partial charge in [-0.1, -0.05) is 89.5 Å². The van der Waals surface area contributed by atoms with E-state index in [1.807, 2.05) is 68.4 Å². The Morgan fingerprint density at radius 2 is 1.34 bits per heavy atom. The lowest BCUT2D eigenvalue weighted by Gasteiger charge is -2.20. The minimum Gasteiger partial charge on any atom is -0.341 e. The fourth-order valence-corrected chi connectivity index (χ4v) is 5.25. The lowest BCUT2D eigenvalue weighted by molar-refractivity contribution is 0.0942. The number of hydrogen-bond donors (Lipinski definition) is 2. The van der Waals surface area contributed by atoms with Crippen LogP contribution < -0.4 is 10.0 Å². The number of benzene rings is 4. The van der Waals surface area contributed by atoms with Gasteiger partial charge in [0.2, 0.25) is 0 Å². The van der Waals surface area contributed by atoms with Gasteiger partial charge < -0.3 is 5.32 Å². The van der Waals surface area contributed by atoms with E-state index in [0.717, 1.165) is 22.3 Å². The lowest BCUT2D eigenvalue weighted by Crippen LogP contribution is -2.29. The quantitative estimate of drug-likeness (QED) is 0.311. The number of anilines is 1. The van der Waals surface area contributed by atoms with Crippen molar-refractivity contribution in [3.63, 3.8) is 0 Å². The summed E-state index contributed by atoms with van der Waals surface area (Å²) in [6, 6.07) is 28.3. The zero-order chi connectivity index (χ0) is 25.0. The number of carbonyl (C=O) groups is 1. The molecule has 5 nitrogen and oxygen atoms in total. The molecule has 0 bridgehead atoms. The van der Waals surface area contributed by atoms with Gasteiger partial charge in [0.1, 0.15) is 4.90 Å². The van der Waals surface area contributed by atoms with Gasteiger partial charge >= 0.3 is 0 Å². The summed E-state index contributed by atoms with van der Waals surface area (Å²) in [4.78, 5) is 13.1. The molecular formula is C28H25ClN2O3S. The smallest absolute Gasteiger partial charge is 0.263 e. The van der Waals surface area contributed by atoms with Crippen LogP contribution in [0.15, 0.2) is 102 Å². The van der Waals surface area contributed by atoms with E-state index in [2.05, 4.69) is 10.0 Å². The molecule has 4 rings (SSSR count). The number of sulfonamides is 1. The van der Waals surface area contributed by atoms with Crippen molar-refractivity contribution in [3.8, 4) is 0 Å². The maximum absolute atomic E-state index is 13.3. The first kappa shape index (κ1) is 24.5. The van der Waals surface area contributed by atoms with Gasteiger partial charge in [-0.05, 0) is 55.3 Å². The van der Waals surface area contributed by atoms with Gasteiger partial charge in [0.15, 0.2) is 0 Å². The number of aryl methyl sites for hydroxylation is 2. The highest BCUT2D eigenvalue weighted by molar-refractivity contribution is 7.92. The summed E-state index contributed by atoms with van der Waals surface area (Å²) in [6.45, 7) is 3.91. The molecular weight excluding hydrogens is 480 g/mol. The number of amides is 1. The Balaban J connectivity index is 1.64. The van der Waals surface area contributed by atoms with Crippen LogP contribution in [0.1, 0.15) is 38.7 Å². The van der Waals surface area contributed by atoms with Crippen LogP contribution in [-0.2, 0) is 10.0 Å². The third-order valence-corrected chi connectivity index (χ3v) is 7.47. The summed E-state index contributed by atoms with van der Waals surface area (Å²) >= 11 is 6.24. The first-order chi connectivity index (χ1) is 16.7. The zero-order valence-corrected chi connectivity index (χ0v) is 20.9. The van der Waals surface area contributed by atoms with Gasteiger partial charge in [0.05, 0.1) is 11.1 Å². The van der Waals surface area contributed by atoms with E-state index < -0.39 is 22.0 Å². The van der Waals surface area contributed by atoms with E-state index in [-0.39, 0.29) is 15.5 Å². The minimum absolute atomic E-state index is 0.0271. The predicted molar refractivity (Wildman–Crippen MR) is 140 cm³/mol. The molecule has 0 fully saturated rings. The van der Waals surface area contributed by atoms with Crippen LogP contribution in [0.5, 0.6) is 0 Å². The van der Waals surface area contributed by atoms with Crippen molar-refractivity contribution in [2.45, 2.75) is 24.8 Å². The monoisotopic (exact) mass is 504 g/mol. The Morgan fingerprint density at radius 1 is 0.771 bits per heavy atom. The van der Waals surface area contributed by atoms with Crippen molar-refractivity contribution < 1.29 is 13.2 Å². The average Bonchev–Trinajstić information content (AvgIpc) is 2.85. The van der Waals surface area contributed by atoms with E-state index in [4.69, 9.17) is 11.6 Å². The van der Waals surface area contributed by atoms with Crippen molar-refractivity contribution in [2.75, 3.05) is 4.72 Å². The summed E-state index contributed by atoms with van der Waals surface area (Å²) in [5, 5.41) is 3.07. The normalized spacial score (nSPS) is 12.1. The third-order valence-electron chi connectivity index (χ3n) is 5.61. The molecule has 0 heterocycles. The molecule has 2 N–H and O–H groups in total. The first-order valence-corrected chi connectivity index (χ1v) is 12.9. The Bertz CT molecular complexity index is 1440. The number of carbonyl (C=O) groups excluding carboxylic acids is 1. The van der Waals surface area contributed by atoms with E-state index in [0.29, 0.717) is 5.69 Å². The van der Waals surface area contributed by atoms with Crippen LogP contribution >= 0.6 is 11.6 Å². The highest BCUT2D eigenvalue weighted by Crippen LogP contribution is 2.27. The lowest BCUT2D eigenvalue weighted by atomic mass is 9.97. The standard InChI is InChI=1S/C28H25ClN2O3S/c1-19-8-12-22(13-9-19)27(21-6-4-3-5-7-21)30-28(32)23-14-17-25(29)26(18-23)35(33,34)31-24-15-10-20(2)11-16-24/h3-18,27,31H,1-2H3,(H,30,32)/t27-/m1/s1. The van der Waals surface area contributed by atoms with Gasteiger partial charge in [0.25, 0.3) is 15.9 Å². The first-order valence-electron chi connectivity index (χ1n) is 11.0. The molecule has 0 aliphatic rings. The summed E-state index contributed by atoms with van der Waals surface area (Å²) in [7, 11) is -4.01. The SMILES string of the molecule is Cc1ccc(NS(=O)(=O)c2cc(C(=O)N[C@H](c3ccccc3)c3ccc(C)cc3)ccc2Cl)cc1. The molecule has 4 aromatic rings. The second-order valence-electron chi connectivity index (χ2n) is 8.34. The average molecular weight is 505 g/mol. The van der Waals surface area contributed by atoms with Crippen molar-refractivity contribution in [1.29, 1.82) is 0 Å². The van der Waals surface area contributed by atoms with Gasteiger partial charge in [0, 0.05) is 11.3 Å². The summed E-state index contributed by atoms with van der Waals surface area (Å²) < 4.78 is 28.6. The second kappa shape index (κ2) is 10.3. The molecule has 1 atom stereocenters. The number of hydrogen-bond acceptors (Lipinski definition) is 3. The topological polar surface area (TPSA) is 75.3 Å². The Labute approximate surface area is 210 Å². The third kappa shape index (κ3) is 5.91. The molecule has 0 radical (unpaired) electrons. The highest BCUT2D eigenvalue weighted by atomic mass is 35.5. The van der Waals surface area contributed by atoms with Gasteiger partial charge in [-0.3, -0.25) is 9.52 Å². The highest BCUT2D eigenvalue weighted by Gasteiger charge is 2.23. The summed E-state index contributed by atoms with van der Waals surface area (Å²) in [5.41, 5.74) is 4.54. The van der Waals surface area contributed by atoms with Crippen LogP contribution in [0.4, 0.5) is 5.69 Å². The molecule has 4 aromatic carbocycles. The van der Waals surface area contributed by atoms with E-state index in [1.54, 1.807) is 24.3 Å². The molecule has 0 spiro atoms. The molecule has 7 heteroatoms. The minimum atomic E-state index is -4.01. The molecule has 0 saturated heterocycles. The van der Waals surface area contributed by atoms with Crippen LogP contribution in [0, 0.1) is 13.8 Å².